The van der Waals surface area contributed by atoms with Crippen molar-refractivity contribution in [2.75, 3.05) is 11.1 Å². The highest BCUT2D eigenvalue weighted by Crippen LogP contribution is 2.19. The number of hydrogen-bond acceptors (Lipinski definition) is 6. The number of rotatable bonds is 3. The summed E-state index contributed by atoms with van der Waals surface area (Å²) in [7, 11) is 0. The second-order valence-corrected chi connectivity index (χ2v) is 4.29. The van der Waals surface area contributed by atoms with Crippen LogP contribution in [0.5, 0.6) is 0 Å². The molecule has 2 rings (SSSR count). The van der Waals surface area contributed by atoms with Gasteiger partial charge in [-0.3, -0.25) is 0 Å². The summed E-state index contributed by atoms with van der Waals surface area (Å²) in [4.78, 5) is 8.45. The molecule has 0 aliphatic heterocycles. The minimum absolute atomic E-state index is 0.503. The van der Waals surface area contributed by atoms with Crippen molar-refractivity contribution in [3.05, 3.63) is 28.4 Å². The van der Waals surface area contributed by atoms with Crippen LogP contribution in [0.1, 0.15) is 28.4 Å². The minimum Gasteiger partial charge on any atom is -0.383 e. The molecule has 18 heavy (non-hydrogen) atoms. The third-order valence-electron chi connectivity index (χ3n) is 2.91. The molecular weight excluding hydrogens is 230 g/mol. The molecule has 0 saturated carbocycles. The Morgan fingerprint density at radius 1 is 1.17 bits per heavy atom. The van der Waals surface area contributed by atoms with Crippen LogP contribution in [0.4, 0.5) is 11.6 Å². The Labute approximate surface area is 106 Å². The van der Waals surface area contributed by atoms with E-state index >= 15 is 0 Å². The monoisotopic (exact) mass is 247 g/mol. The Balaban J connectivity index is 2.21. The quantitative estimate of drug-likeness (QED) is 0.860. The fraction of sp³-hybridized carbons (Fsp3) is 0.417. The smallest absolute Gasteiger partial charge is 0.138 e. The van der Waals surface area contributed by atoms with E-state index < -0.39 is 0 Å². The Hall–Kier alpha value is -2.11. The second-order valence-electron chi connectivity index (χ2n) is 4.29. The summed E-state index contributed by atoms with van der Waals surface area (Å²) in [6.45, 7) is 8.13. The first kappa shape index (κ1) is 12.3. The van der Waals surface area contributed by atoms with Gasteiger partial charge in [0.1, 0.15) is 23.2 Å². The normalized spacial score (nSPS) is 10.7. The predicted octanol–water partition coefficient (Wildman–Crippen LogP) is 1.89. The highest BCUT2D eigenvalue weighted by molar-refractivity contribution is 5.55. The van der Waals surface area contributed by atoms with Gasteiger partial charge in [0.05, 0.1) is 5.69 Å². The van der Waals surface area contributed by atoms with Crippen LogP contribution in [0, 0.1) is 27.7 Å². The van der Waals surface area contributed by atoms with Crippen molar-refractivity contribution < 1.29 is 4.52 Å². The molecule has 6 heteroatoms. The minimum atomic E-state index is 0.503. The summed E-state index contributed by atoms with van der Waals surface area (Å²) in [6.07, 6.45) is 0. The van der Waals surface area contributed by atoms with Gasteiger partial charge in [0.15, 0.2) is 0 Å². The molecule has 0 radical (unpaired) electrons. The molecule has 0 unspecified atom stereocenters. The molecule has 3 N–H and O–H groups in total. The van der Waals surface area contributed by atoms with E-state index in [2.05, 4.69) is 20.4 Å². The van der Waals surface area contributed by atoms with Crippen molar-refractivity contribution in [1.29, 1.82) is 0 Å². The summed E-state index contributed by atoms with van der Waals surface area (Å²) in [5.41, 5.74) is 8.59. The fourth-order valence-electron chi connectivity index (χ4n) is 1.75. The molecule has 0 aliphatic rings. The Bertz CT molecular complexity index is 557. The van der Waals surface area contributed by atoms with Crippen molar-refractivity contribution in [2.45, 2.75) is 34.2 Å². The summed E-state index contributed by atoms with van der Waals surface area (Å²) < 4.78 is 5.11. The van der Waals surface area contributed by atoms with Crippen LogP contribution in [0.2, 0.25) is 0 Å². The van der Waals surface area contributed by atoms with Gasteiger partial charge in [-0.2, -0.15) is 0 Å². The molecule has 96 valence electrons. The lowest BCUT2D eigenvalue weighted by Crippen LogP contribution is -2.08. The molecular formula is C12H17N5O. The molecule has 0 spiro atoms. The third kappa shape index (κ3) is 2.27. The van der Waals surface area contributed by atoms with Gasteiger partial charge in [-0.15, -0.1) is 0 Å². The van der Waals surface area contributed by atoms with Crippen LogP contribution in [0.25, 0.3) is 0 Å². The van der Waals surface area contributed by atoms with Crippen LogP contribution in [0.15, 0.2) is 4.52 Å². The van der Waals surface area contributed by atoms with E-state index in [0.29, 0.717) is 18.2 Å². The van der Waals surface area contributed by atoms with Gasteiger partial charge < -0.3 is 15.6 Å². The molecule has 2 aromatic rings. The molecule has 0 atom stereocenters. The number of nitrogens with two attached hydrogens (primary N) is 1. The van der Waals surface area contributed by atoms with E-state index in [-0.39, 0.29) is 0 Å². The van der Waals surface area contributed by atoms with Crippen LogP contribution < -0.4 is 11.1 Å². The summed E-state index contributed by atoms with van der Waals surface area (Å²) in [6, 6.07) is 0. The first-order valence-electron chi connectivity index (χ1n) is 5.75. The molecule has 2 heterocycles. The number of aromatic nitrogens is 3. The number of anilines is 2. The average molecular weight is 247 g/mol. The van der Waals surface area contributed by atoms with Crippen LogP contribution >= 0.6 is 0 Å². The van der Waals surface area contributed by atoms with Gasteiger partial charge in [-0.05, 0) is 27.7 Å². The van der Waals surface area contributed by atoms with Crippen LogP contribution in [-0.2, 0) is 6.54 Å². The Morgan fingerprint density at radius 2 is 1.89 bits per heavy atom. The van der Waals surface area contributed by atoms with Crippen molar-refractivity contribution in [2.24, 2.45) is 0 Å². The molecule has 0 bridgehead atoms. The Morgan fingerprint density at radius 3 is 2.50 bits per heavy atom. The highest BCUT2D eigenvalue weighted by Gasteiger charge is 2.11. The summed E-state index contributed by atoms with van der Waals surface area (Å²) in [5, 5.41) is 7.16. The van der Waals surface area contributed by atoms with Crippen molar-refractivity contribution >= 4 is 11.6 Å². The number of nitrogen functional groups attached to an aromatic ring is 1. The molecule has 0 aliphatic carbocycles. The summed E-state index contributed by atoms with van der Waals surface area (Å²) in [5.74, 6) is 2.72. The Kier molecular flexibility index (Phi) is 3.18. The fourth-order valence-corrected chi connectivity index (χ4v) is 1.75. The van der Waals surface area contributed by atoms with E-state index in [1.165, 1.54) is 0 Å². The predicted molar refractivity (Wildman–Crippen MR) is 69.2 cm³/mol. The van der Waals surface area contributed by atoms with E-state index in [1.807, 2.05) is 27.7 Å². The van der Waals surface area contributed by atoms with E-state index in [9.17, 15) is 0 Å². The molecule has 6 nitrogen and oxygen atoms in total. The average Bonchev–Trinajstić information content (AvgIpc) is 2.62. The number of aryl methyl sites for hydroxylation is 3. The standard InChI is InChI=1S/C12H17N5O/c1-6-11(13)15-9(4)16-12(6)14-5-10-7(2)17-18-8(10)3/h5H2,1-4H3,(H3,13,14,15,16). The third-order valence-corrected chi connectivity index (χ3v) is 2.91. The van der Waals surface area contributed by atoms with Crippen LogP contribution in [-0.4, -0.2) is 15.1 Å². The lowest BCUT2D eigenvalue weighted by atomic mass is 10.2. The second kappa shape index (κ2) is 4.64. The van der Waals surface area contributed by atoms with Gasteiger partial charge in [-0.25, -0.2) is 9.97 Å². The largest absolute Gasteiger partial charge is 0.383 e. The lowest BCUT2D eigenvalue weighted by molar-refractivity contribution is 0.392. The maximum absolute atomic E-state index is 5.81. The van der Waals surface area contributed by atoms with Gasteiger partial charge in [-0.1, -0.05) is 5.16 Å². The van der Waals surface area contributed by atoms with E-state index in [4.69, 9.17) is 10.3 Å². The maximum atomic E-state index is 5.81. The molecule has 0 saturated heterocycles. The van der Waals surface area contributed by atoms with Gasteiger partial charge >= 0.3 is 0 Å². The topological polar surface area (TPSA) is 89.9 Å². The zero-order valence-corrected chi connectivity index (χ0v) is 11.0. The molecule has 0 amide bonds. The maximum Gasteiger partial charge on any atom is 0.138 e. The van der Waals surface area contributed by atoms with Gasteiger partial charge in [0.2, 0.25) is 0 Å². The number of hydrogen-bond donors (Lipinski definition) is 2. The zero-order valence-electron chi connectivity index (χ0n) is 11.0. The van der Waals surface area contributed by atoms with Gasteiger partial charge in [0.25, 0.3) is 0 Å². The SMILES string of the molecule is Cc1nc(N)c(C)c(NCc2c(C)noc2C)n1. The highest BCUT2D eigenvalue weighted by atomic mass is 16.5. The van der Waals surface area contributed by atoms with Crippen molar-refractivity contribution in [3.8, 4) is 0 Å². The first-order chi connectivity index (χ1) is 8.49. The molecule has 2 aromatic heterocycles. The van der Waals surface area contributed by atoms with Crippen molar-refractivity contribution in [1.82, 2.24) is 15.1 Å². The molecule has 0 aromatic carbocycles. The summed E-state index contributed by atoms with van der Waals surface area (Å²) >= 11 is 0. The van der Waals surface area contributed by atoms with E-state index in [1.54, 1.807) is 0 Å². The van der Waals surface area contributed by atoms with E-state index in [0.717, 1.165) is 28.4 Å². The van der Waals surface area contributed by atoms with Gasteiger partial charge in [0, 0.05) is 17.7 Å². The zero-order chi connectivity index (χ0) is 13.3. The number of nitrogens with one attached hydrogen (secondary N) is 1. The van der Waals surface area contributed by atoms with Crippen LogP contribution in [0.3, 0.4) is 0 Å². The van der Waals surface area contributed by atoms with Crippen molar-refractivity contribution in [3.63, 3.8) is 0 Å². The number of nitrogens with zero attached hydrogens (tertiary/aromatic N) is 3. The molecule has 0 fully saturated rings. The first-order valence-corrected chi connectivity index (χ1v) is 5.75. The lowest BCUT2D eigenvalue weighted by Gasteiger charge is -2.10.